The first-order valence-electron chi connectivity index (χ1n) is 12.6. The molecule has 3 aliphatic rings. The summed E-state index contributed by atoms with van der Waals surface area (Å²) in [5, 5.41) is 0. The quantitative estimate of drug-likeness (QED) is 0.397. The van der Waals surface area contributed by atoms with E-state index in [0.717, 1.165) is 6.42 Å². The average Bonchev–Trinajstić information content (AvgIpc) is 2.99. The third-order valence-electron chi connectivity index (χ3n) is 7.90. The highest BCUT2D eigenvalue weighted by atomic mass is 15.2. The Morgan fingerprint density at radius 3 is 1.30 bits per heavy atom. The molecule has 0 atom stereocenters. The molecule has 0 radical (unpaired) electrons. The second kappa shape index (κ2) is 7.01. The van der Waals surface area contributed by atoms with E-state index in [9.17, 15) is 0 Å². The SMILES string of the molecule is CC1=CC(C)(C)N(C(C)C)c2cc3c(cc21)-c1cc2c(cc1C3)N(C(C)C)C(C)(C)C=C2C. The minimum Gasteiger partial charge on any atom is -0.360 e. The average molecular weight is 441 g/mol. The lowest BCUT2D eigenvalue weighted by molar-refractivity contribution is 0.507. The van der Waals surface area contributed by atoms with Gasteiger partial charge in [-0.05, 0) is 133 Å². The van der Waals surface area contributed by atoms with Gasteiger partial charge in [0.2, 0.25) is 0 Å². The van der Waals surface area contributed by atoms with Crippen LogP contribution in [0.5, 0.6) is 0 Å². The van der Waals surface area contributed by atoms with Crippen LogP contribution in [0, 0.1) is 0 Å². The zero-order valence-corrected chi connectivity index (χ0v) is 22.2. The van der Waals surface area contributed by atoms with Crippen molar-refractivity contribution in [1.82, 2.24) is 0 Å². The summed E-state index contributed by atoms with van der Waals surface area (Å²) in [5.74, 6) is 0. The Labute approximate surface area is 201 Å². The van der Waals surface area contributed by atoms with Gasteiger partial charge in [0.05, 0.1) is 11.1 Å². The van der Waals surface area contributed by atoms with Gasteiger partial charge in [-0.1, -0.05) is 12.2 Å². The maximum absolute atomic E-state index is 2.60. The minimum atomic E-state index is 0.0231. The lowest BCUT2D eigenvalue weighted by atomic mass is 9.84. The standard InChI is InChI=1S/C31H40N2/c1-18(2)32-28-12-22-11-23-13-29-25(21(6)17-31(9,10)33(29)19(3)4)15-27(23)26(22)14-24(28)20(5)16-30(32,7)8/h12-19H,11H2,1-10H3. The van der Waals surface area contributed by atoms with Crippen LogP contribution >= 0.6 is 0 Å². The van der Waals surface area contributed by atoms with Crippen LogP contribution in [0.2, 0.25) is 0 Å². The normalized spacial score (nSPS) is 19.8. The third kappa shape index (κ3) is 3.21. The van der Waals surface area contributed by atoms with Crippen LogP contribution in [0.15, 0.2) is 36.4 Å². The van der Waals surface area contributed by atoms with Crippen molar-refractivity contribution in [2.75, 3.05) is 9.80 Å². The van der Waals surface area contributed by atoms with Crippen molar-refractivity contribution in [3.63, 3.8) is 0 Å². The molecule has 0 saturated heterocycles. The molecule has 33 heavy (non-hydrogen) atoms. The number of hydrogen-bond donors (Lipinski definition) is 0. The first-order valence-corrected chi connectivity index (χ1v) is 12.6. The molecule has 0 unspecified atom stereocenters. The third-order valence-corrected chi connectivity index (χ3v) is 7.90. The largest absolute Gasteiger partial charge is 0.360 e. The number of hydrogen-bond acceptors (Lipinski definition) is 2. The molecule has 0 spiro atoms. The van der Waals surface area contributed by atoms with Gasteiger partial charge in [-0.3, -0.25) is 0 Å². The number of allylic oxidation sites excluding steroid dienone is 2. The molecule has 2 aromatic carbocycles. The second-order valence-electron chi connectivity index (χ2n) is 12.1. The van der Waals surface area contributed by atoms with Gasteiger partial charge in [-0.15, -0.1) is 0 Å². The van der Waals surface area contributed by atoms with Crippen molar-refractivity contribution in [1.29, 1.82) is 0 Å². The Kier molecular flexibility index (Phi) is 4.74. The molecule has 2 aromatic rings. The number of anilines is 2. The molecule has 5 rings (SSSR count). The Morgan fingerprint density at radius 1 is 0.606 bits per heavy atom. The van der Waals surface area contributed by atoms with Crippen LogP contribution in [0.4, 0.5) is 11.4 Å². The zero-order chi connectivity index (χ0) is 24.0. The summed E-state index contributed by atoms with van der Waals surface area (Å²) in [5.41, 5.74) is 14.2. The molecule has 2 heteroatoms. The van der Waals surface area contributed by atoms with E-state index in [2.05, 4.69) is 115 Å². The van der Waals surface area contributed by atoms with E-state index in [4.69, 9.17) is 0 Å². The van der Waals surface area contributed by atoms with E-state index in [-0.39, 0.29) is 11.1 Å². The highest BCUT2D eigenvalue weighted by molar-refractivity contribution is 5.92. The van der Waals surface area contributed by atoms with Crippen molar-refractivity contribution >= 4 is 22.5 Å². The van der Waals surface area contributed by atoms with Gasteiger partial charge >= 0.3 is 0 Å². The van der Waals surface area contributed by atoms with Crippen LogP contribution < -0.4 is 9.80 Å². The fourth-order valence-corrected chi connectivity index (χ4v) is 7.15. The molecule has 2 nitrogen and oxygen atoms in total. The summed E-state index contributed by atoms with van der Waals surface area (Å²) in [4.78, 5) is 5.19. The molecule has 174 valence electrons. The highest BCUT2D eigenvalue weighted by Crippen LogP contribution is 2.50. The topological polar surface area (TPSA) is 6.48 Å². The predicted molar refractivity (Wildman–Crippen MR) is 145 cm³/mol. The number of nitrogens with zero attached hydrogens (tertiary/aromatic N) is 2. The summed E-state index contributed by atoms with van der Waals surface area (Å²) < 4.78 is 0. The van der Waals surface area contributed by atoms with E-state index in [1.807, 2.05) is 0 Å². The lowest BCUT2D eigenvalue weighted by Crippen LogP contribution is -2.49. The molecule has 0 amide bonds. The fraction of sp³-hybridized carbons (Fsp3) is 0.484. The molecule has 0 N–H and O–H groups in total. The molecule has 0 aromatic heterocycles. The number of benzene rings is 2. The molecule has 0 fully saturated rings. The molecular weight excluding hydrogens is 400 g/mol. The molecule has 1 aliphatic carbocycles. The van der Waals surface area contributed by atoms with Gasteiger partial charge in [-0.2, -0.15) is 0 Å². The number of fused-ring (bicyclic) bond motifs is 5. The summed E-state index contributed by atoms with van der Waals surface area (Å²) >= 11 is 0. The number of rotatable bonds is 2. The van der Waals surface area contributed by atoms with Crippen molar-refractivity contribution in [3.05, 3.63) is 58.7 Å². The lowest BCUT2D eigenvalue weighted by Gasteiger charge is -2.46. The van der Waals surface area contributed by atoms with Crippen molar-refractivity contribution < 1.29 is 0 Å². The van der Waals surface area contributed by atoms with Crippen molar-refractivity contribution in [3.8, 4) is 11.1 Å². The summed E-state index contributed by atoms with van der Waals surface area (Å²) in [6.07, 6.45) is 5.91. The molecule has 0 bridgehead atoms. The van der Waals surface area contributed by atoms with Crippen LogP contribution in [0.1, 0.15) is 91.5 Å². The van der Waals surface area contributed by atoms with E-state index in [0.29, 0.717) is 12.1 Å². The van der Waals surface area contributed by atoms with Crippen molar-refractivity contribution in [2.45, 2.75) is 98.8 Å². The van der Waals surface area contributed by atoms with Gasteiger partial charge in [0.15, 0.2) is 0 Å². The maximum atomic E-state index is 2.60. The molecular formula is C31H40N2. The Hall–Kier alpha value is -2.48. The summed E-state index contributed by atoms with van der Waals surface area (Å²) in [6.45, 7) is 23.2. The van der Waals surface area contributed by atoms with Crippen LogP contribution in [-0.2, 0) is 6.42 Å². The van der Waals surface area contributed by atoms with Crippen LogP contribution in [0.3, 0.4) is 0 Å². The zero-order valence-electron chi connectivity index (χ0n) is 22.2. The Bertz CT molecular complexity index is 1120. The summed E-state index contributed by atoms with van der Waals surface area (Å²) in [6, 6.07) is 10.8. The smallest absolute Gasteiger partial charge is 0.0537 e. The minimum absolute atomic E-state index is 0.0231. The van der Waals surface area contributed by atoms with Gasteiger partial charge in [0.1, 0.15) is 0 Å². The van der Waals surface area contributed by atoms with E-state index < -0.39 is 0 Å². The second-order valence-corrected chi connectivity index (χ2v) is 12.1. The van der Waals surface area contributed by atoms with Gasteiger partial charge in [-0.25, -0.2) is 0 Å². The molecule has 0 saturated carbocycles. The first-order chi connectivity index (χ1) is 15.3. The highest BCUT2D eigenvalue weighted by Gasteiger charge is 2.37. The molecule has 2 heterocycles. The van der Waals surface area contributed by atoms with Gasteiger partial charge < -0.3 is 9.80 Å². The van der Waals surface area contributed by atoms with E-state index >= 15 is 0 Å². The van der Waals surface area contributed by atoms with Gasteiger partial charge in [0, 0.05) is 34.6 Å². The predicted octanol–water partition coefficient (Wildman–Crippen LogP) is 8.08. The summed E-state index contributed by atoms with van der Waals surface area (Å²) in [7, 11) is 0. The monoisotopic (exact) mass is 440 g/mol. The fourth-order valence-electron chi connectivity index (χ4n) is 7.15. The van der Waals surface area contributed by atoms with Gasteiger partial charge in [0.25, 0.3) is 0 Å². The molecule has 2 aliphatic heterocycles. The Balaban J connectivity index is 1.69. The van der Waals surface area contributed by atoms with E-state index in [1.54, 1.807) is 0 Å². The van der Waals surface area contributed by atoms with E-state index in [1.165, 1.54) is 55.9 Å². The maximum Gasteiger partial charge on any atom is 0.0537 e. The van der Waals surface area contributed by atoms with Crippen LogP contribution in [-0.4, -0.2) is 23.2 Å². The van der Waals surface area contributed by atoms with Crippen LogP contribution in [0.25, 0.3) is 22.3 Å². The van der Waals surface area contributed by atoms with Crippen molar-refractivity contribution in [2.24, 2.45) is 0 Å². The first kappa shape index (κ1) is 22.3. The Morgan fingerprint density at radius 2 is 0.970 bits per heavy atom.